The number of aromatic nitrogens is 1. The number of carbonyl (C=O) groups excluding carboxylic acids is 1. The summed E-state index contributed by atoms with van der Waals surface area (Å²) in [4.78, 5) is 18.7. The average Bonchev–Trinajstić information content (AvgIpc) is 3.23. The number of nitrogens with one attached hydrogen (secondary N) is 1. The van der Waals surface area contributed by atoms with Crippen LogP contribution in [0.15, 0.2) is 74.5 Å². The molecule has 3 aromatic rings. The monoisotopic (exact) mass is 480 g/mol. The van der Waals surface area contributed by atoms with E-state index in [1.54, 1.807) is 18.3 Å². The molecule has 0 spiro atoms. The van der Waals surface area contributed by atoms with Gasteiger partial charge in [0.05, 0.1) is 11.1 Å². The Morgan fingerprint density at radius 1 is 1.12 bits per heavy atom. The first-order chi connectivity index (χ1) is 16.4. The van der Waals surface area contributed by atoms with E-state index in [4.69, 9.17) is 4.42 Å². The molecule has 0 unspecified atom stereocenters. The van der Waals surface area contributed by atoms with Crippen molar-refractivity contribution in [3.05, 3.63) is 66.7 Å². The molecule has 0 radical (unpaired) electrons. The van der Waals surface area contributed by atoms with Crippen molar-refractivity contribution >= 4 is 27.5 Å². The van der Waals surface area contributed by atoms with Crippen molar-refractivity contribution in [2.45, 2.75) is 43.4 Å². The first kappa shape index (κ1) is 23.7. The number of anilines is 1. The second-order valence-corrected chi connectivity index (χ2v) is 9.88. The predicted molar refractivity (Wildman–Crippen MR) is 131 cm³/mol. The van der Waals surface area contributed by atoms with Gasteiger partial charge < -0.3 is 14.6 Å². The average molecular weight is 481 g/mol. The summed E-state index contributed by atoms with van der Waals surface area (Å²) in [6.45, 7) is 0.793. The van der Waals surface area contributed by atoms with Crippen LogP contribution in [0.25, 0.3) is 11.3 Å². The van der Waals surface area contributed by atoms with Crippen molar-refractivity contribution in [1.29, 1.82) is 0 Å². The molecule has 178 valence electrons. The molecule has 1 aromatic heterocycles. The summed E-state index contributed by atoms with van der Waals surface area (Å²) in [6, 6.07) is 15.8. The third-order valence-electron chi connectivity index (χ3n) is 5.65. The summed E-state index contributed by atoms with van der Waals surface area (Å²) in [6.07, 6.45) is 5.77. The summed E-state index contributed by atoms with van der Waals surface area (Å²) in [5.41, 5.74) is 1.32. The van der Waals surface area contributed by atoms with Crippen molar-refractivity contribution in [1.82, 2.24) is 9.88 Å². The number of oxazole rings is 1. The Kier molecular flexibility index (Phi) is 7.42. The van der Waals surface area contributed by atoms with Gasteiger partial charge in [0.2, 0.25) is 5.91 Å². The van der Waals surface area contributed by atoms with E-state index in [1.165, 1.54) is 12.1 Å². The molecule has 0 atom stereocenters. The summed E-state index contributed by atoms with van der Waals surface area (Å²) in [5, 5.41) is 2.75. The number of carbonyl (C=O) groups is 1. The SMILES string of the molecule is CN1CCCCCC1=NS(=O)(=O)c1cccc(NC(=O)CCc2ncc(-c3ccccc3)o2)c1. The maximum atomic E-state index is 12.9. The zero-order valence-electron chi connectivity index (χ0n) is 19.1. The zero-order chi connectivity index (χ0) is 24.0. The van der Waals surface area contributed by atoms with Crippen LogP contribution >= 0.6 is 0 Å². The van der Waals surface area contributed by atoms with Crippen LogP contribution < -0.4 is 5.32 Å². The Hall–Kier alpha value is -3.46. The number of rotatable bonds is 7. The fourth-order valence-corrected chi connectivity index (χ4v) is 4.92. The van der Waals surface area contributed by atoms with Gasteiger partial charge in [-0.25, -0.2) is 4.98 Å². The Labute approximate surface area is 199 Å². The van der Waals surface area contributed by atoms with Gasteiger partial charge in [-0.05, 0) is 31.0 Å². The molecule has 1 amide bonds. The van der Waals surface area contributed by atoms with E-state index in [0.717, 1.165) is 31.4 Å². The van der Waals surface area contributed by atoms with Crippen LogP contribution in [-0.4, -0.2) is 43.6 Å². The van der Waals surface area contributed by atoms with Gasteiger partial charge in [0.25, 0.3) is 10.0 Å². The van der Waals surface area contributed by atoms with Gasteiger partial charge in [-0.2, -0.15) is 8.42 Å². The first-order valence-electron chi connectivity index (χ1n) is 11.4. The Bertz CT molecular complexity index is 1270. The zero-order valence-corrected chi connectivity index (χ0v) is 19.9. The van der Waals surface area contributed by atoms with Crippen LogP contribution in [0.1, 0.15) is 38.0 Å². The highest BCUT2D eigenvalue weighted by molar-refractivity contribution is 7.90. The van der Waals surface area contributed by atoms with Gasteiger partial charge in [-0.1, -0.05) is 42.8 Å². The second-order valence-electron chi connectivity index (χ2n) is 8.28. The van der Waals surface area contributed by atoms with Crippen LogP contribution in [0.3, 0.4) is 0 Å². The predicted octanol–water partition coefficient (Wildman–Crippen LogP) is 4.51. The third kappa shape index (κ3) is 6.11. The normalized spacial score (nSPS) is 15.8. The highest BCUT2D eigenvalue weighted by Crippen LogP contribution is 2.22. The van der Waals surface area contributed by atoms with E-state index in [9.17, 15) is 13.2 Å². The standard InChI is InChI=1S/C25H28N4O4S/c1-29-16-7-3-6-13-23(29)28-34(31,32)21-12-8-11-20(17-21)27-24(30)14-15-25-26-18-22(33-25)19-9-4-2-5-10-19/h2,4-5,8-12,17-18H,3,6-7,13-16H2,1H3,(H,27,30). The molecule has 9 heteroatoms. The molecule has 1 aliphatic heterocycles. The topological polar surface area (TPSA) is 105 Å². The maximum Gasteiger partial charge on any atom is 0.284 e. The number of amides is 1. The molecule has 8 nitrogen and oxygen atoms in total. The molecule has 0 aliphatic carbocycles. The maximum absolute atomic E-state index is 12.9. The van der Waals surface area contributed by atoms with Crippen molar-refractivity contribution in [3.8, 4) is 11.3 Å². The van der Waals surface area contributed by atoms with Gasteiger partial charge in [0, 0.05) is 44.1 Å². The summed E-state index contributed by atoms with van der Waals surface area (Å²) in [7, 11) is -2.01. The number of amidine groups is 1. The molecule has 1 aliphatic rings. The lowest BCUT2D eigenvalue weighted by atomic mass is 10.2. The minimum absolute atomic E-state index is 0.0515. The van der Waals surface area contributed by atoms with Crippen LogP contribution in [-0.2, 0) is 21.2 Å². The number of hydrogen-bond acceptors (Lipinski definition) is 5. The lowest BCUT2D eigenvalue weighted by Gasteiger charge is -2.17. The minimum Gasteiger partial charge on any atom is -0.441 e. The van der Waals surface area contributed by atoms with Crippen molar-refractivity contribution in [2.75, 3.05) is 18.9 Å². The van der Waals surface area contributed by atoms with Crippen LogP contribution in [0.2, 0.25) is 0 Å². The van der Waals surface area contributed by atoms with Crippen molar-refractivity contribution in [3.63, 3.8) is 0 Å². The molecule has 2 aromatic carbocycles. The number of hydrogen-bond donors (Lipinski definition) is 1. The van der Waals surface area contributed by atoms with E-state index in [-0.39, 0.29) is 17.2 Å². The molecule has 1 saturated heterocycles. The van der Waals surface area contributed by atoms with Crippen LogP contribution in [0.5, 0.6) is 0 Å². The number of benzene rings is 2. The van der Waals surface area contributed by atoms with Gasteiger partial charge in [-0.15, -0.1) is 4.40 Å². The lowest BCUT2D eigenvalue weighted by molar-refractivity contribution is -0.116. The molecule has 0 saturated carbocycles. The van der Waals surface area contributed by atoms with E-state index in [2.05, 4.69) is 14.7 Å². The fraction of sp³-hybridized carbons (Fsp3) is 0.320. The lowest BCUT2D eigenvalue weighted by Crippen LogP contribution is -2.26. The molecule has 1 fully saturated rings. The Morgan fingerprint density at radius 2 is 1.94 bits per heavy atom. The number of sulfonamides is 1. The third-order valence-corrected chi connectivity index (χ3v) is 6.95. The van der Waals surface area contributed by atoms with Gasteiger partial charge >= 0.3 is 0 Å². The molecule has 4 rings (SSSR count). The highest BCUT2D eigenvalue weighted by Gasteiger charge is 2.19. The van der Waals surface area contributed by atoms with E-state index in [0.29, 0.717) is 36.0 Å². The van der Waals surface area contributed by atoms with E-state index >= 15 is 0 Å². The largest absolute Gasteiger partial charge is 0.441 e. The smallest absolute Gasteiger partial charge is 0.284 e. The summed E-state index contributed by atoms with van der Waals surface area (Å²) >= 11 is 0. The first-order valence-corrected chi connectivity index (χ1v) is 12.8. The quantitative estimate of drug-likeness (QED) is 0.534. The fourth-order valence-electron chi connectivity index (χ4n) is 3.78. The Morgan fingerprint density at radius 3 is 2.76 bits per heavy atom. The molecular weight excluding hydrogens is 452 g/mol. The highest BCUT2D eigenvalue weighted by atomic mass is 32.2. The van der Waals surface area contributed by atoms with Crippen LogP contribution in [0, 0.1) is 0 Å². The number of nitrogens with zero attached hydrogens (tertiary/aromatic N) is 3. The molecule has 34 heavy (non-hydrogen) atoms. The van der Waals surface area contributed by atoms with E-state index in [1.807, 2.05) is 42.3 Å². The minimum atomic E-state index is -3.88. The van der Waals surface area contributed by atoms with E-state index < -0.39 is 10.0 Å². The number of aryl methyl sites for hydroxylation is 1. The summed E-state index contributed by atoms with van der Waals surface area (Å²) < 4.78 is 35.6. The summed E-state index contributed by atoms with van der Waals surface area (Å²) in [5.74, 6) is 1.43. The second kappa shape index (κ2) is 10.6. The van der Waals surface area contributed by atoms with Gasteiger partial charge in [0.1, 0.15) is 5.84 Å². The molecule has 0 bridgehead atoms. The Balaban J connectivity index is 1.38. The van der Waals surface area contributed by atoms with Crippen molar-refractivity contribution < 1.29 is 17.6 Å². The molecule has 1 N–H and O–H groups in total. The molecule has 2 heterocycles. The van der Waals surface area contributed by atoms with Crippen LogP contribution in [0.4, 0.5) is 5.69 Å². The van der Waals surface area contributed by atoms with Gasteiger partial charge in [-0.3, -0.25) is 4.79 Å². The molecular formula is C25H28N4O4S. The van der Waals surface area contributed by atoms with Gasteiger partial charge in [0.15, 0.2) is 11.7 Å². The van der Waals surface area contributed by atoms with Crippen molar-refractivity contribution in [2.24, 2.45) is 4.40 Å². The number of likely N-dealkylation sites (tertiary alicyclic amines) is 1.